The van der Waals surface area contributed by atoms with Crippen molar-refractivity contribution in [2.45, 2.75) is 26.4 Å². The van der Waals surface area contributed by atoms with Crippen LogP contribution >= 0.6 is 0 Å². The van der Waals surface area contributed by atoms with E-state index in [9.17, 15) is 4.79 Å². The highest BCUT2D eigenvalue weighted by Crippen LogP contribution is 2.03. The van der Waals surface area contributed by atoms with E-state index >= 15 is 0 Å². The van der Waals surface area contributed by atoms with Crippen LogP contribution in [0.5, 0.6) is 0 Å². The second-order valence-electron chi connectivity index (χ2n) is 2.07. The van der Waals surface area contributed by atoms with E-state index in [0.29, 0.717) is 0 Å². The highest BCUT2D eigenvalue weighted by Gasteiger charge is 2.13. The van der Waals surface area contributed by atoms with Crippen LogP contribution in [0.4, 0.5) is 0 Å². The molecule has 49 valence electrons. The number of ether oxygens (including phenoxy) is 1. The van der Waals surface area contributed by atoms with E-state index in [4.69, 9.17) is 0 Å². The Bertz CT molecular complexity index is 148. The first-order valence-electron chi connectivity index (χ1n) is 2.61. The Hall–Kier alpha value is -0.970. The SMILES string of the molecule is CC#CC(C)(C)O[C]=O. The fraction of sp³-hybridized carbons (Fsp3) is 0.571. The molecule has 0 bridgehead atoms. The van der Waals surface area contributed by atoms with Crippen molar-refractivity contribution < 1.29 is 9.53 Å². The van der Waals surface area contributed by atoms with Crippen LogP contribution in [0.3, 0.4) is 0 Å². The molecule has 0 saturated heterocycles. The second-order valence-corrected chi connectivity index (χ2v) is 2.07. The molecule has 9 heavy (non-hydrogen) atoms. The summed E-state index contributed by atoms with van der Waals surface area (Å²) in [5.41, 5.74) is -0.684. The Kier molecular flexibility index (Phi) is 2.80. The lowest BCUT2D eigenvalue weighted by molar-refractivity contribution is 0.148. The van der Waals surface area contributed by atoms with Crippen LogP contribution in [0, 0.1) is 11.8 Å². The molecule has 0 fully saturated rings. The quantitative estimate of drug-likeness (QED) is 0.512. The summed E-state index contributed by atoms with van der Waals surface area (Å²) in [7, 11) is 0. The third-order valence-electron chi connectivity index (χ3n) is 0.723. The van der Waals surface area contributed by atoms with Crippen molar-refractivity contribution in [1.29, 1.82) is 0 Å². The van der Waals surface area contributed by atoms with Gasteiger partial charge in [0.2, 0.25) is 0 Å². The summed E-state index contributed by atoms with van der Waals surface area (Å²) in [4.78, 5) is 9.68. The molecule has 0 amide bonds. The largest absolute Gasteiger partial charge is 0.438 e. The van der Waals surface area contributed by atoms with Gasteiger partial charge in [-0.05, 0) is 20.8 Å². The van der Waals surface area contributed by atoms with Gasteiger partial charge in [-0.25, -0.2) is 4.79 Å². The number of hydrogen-bond acceptors (Lipinski definition) is 2. The van der Waals surface area contributed by atoms with Gasteiger partial charge in [0.15, 0.2) is 5.60 Å². The van der Waals surface area contributed by atoms with Gasteiger partial charge in [-0.2, -0.15) is 0 Å². The van der Waals surface area contributed by atoms with Gasteiger partial charge in [-0.1, -0.05) is 5.92 Å². The van der Waals surface area contributed by atoms with Gasteiger partial charge >= 0.3 is 6.47 Å². The predicted octanol–water partition coefficient (Wildman–Crippen LogP) is 0.872. The Balaban J connectivity index is 3.95. The van der Waals surface area contributed by atoms with Crippen molar-refractivity contribution in [3.63, 3.8) is 0 Å². The van der Waals surface area contributed by atoms with Gasteiger partial charge in [0.25, 0.3) is 0 Å². The Morgan fingerprint density at radius 3 is 2.33 bits per heavy atom. The molecular weight excluding hydrogens is 116 g/mol. The Labute approximate surface area is 55.2 Å². The van der Waals surface area contributed by atoms with Crippen LogP contribution in [0.25, 0.3) is 0 Å². The summed E-state index contributed by atoms with van der Waals surface area (Å²) in [5, 5.41) is 0. The van der Waals surface area contributed by atoms with Crippen LogP contribution in [-0.2, 0) is 9.53 Å². The van der Waals surface area contributed by atoms with E-state index in [1.54, 1.807) is 20.8 Å². The summed E-state index contributed by atoms with van der Waals surface area (Å²) < 4.78 is 4.49. The predicted molar refractivity (Wildman–Crippen MR) is 34.3 cm³/mol. The molecule has 0 aliphatic carbocycles. The Morgan fingerprint density at radius 1 is 1.44 bits per heavy atom. The third-order valence-corrected chi connectivity index (χ3v) is 0.723. The highest BCUT2D eigenvalue weighted by atomic mass is 16.5. The molecule has 0 aliphatic heterocycles. The van der Waals surface area contributed by atoms with Crippen molar-refractivity contribution in [3.8, 4) is 11.8 Å². The van der Waals surface area contributed by atoms with Crippen molar-refractivity contribution in [2.24, 2.45) is 0 Å². The van der Waals surface area contributed by atoms with E-state index in [0.717, 1.165) is 0 Å². The normalized spacial score (nSPS) is 9.22. The zero-order valence-corrected chi connectivity index (χ0v) is 5.82. The summed E-state index contributed by atoms with van der Waals surface area (Å²) in [5.74, 6) is 5.33. The molecule has 1 radical (unpaired) electrons. The lowest BCUT2D eigenvalue weighted by Crippen LogP contribution is -2.20. The van der Waals surface area contributed by atoms with Crippen molar-refractivity contribution >= 4 is 6.47 Å². The lowest BCUT2D eigenvalue weighted by atomic mass is 10.1. The fourth-order valence-electron chi connectivity index (χ4n) is 0.431. The maximum atomic E-state index is 9.68. The molecule has 0 heterocycles. The number of hydrogen-bond donors (Lipinski definition) is 0. The van der Waals surface area contributed by atoms with E-state index < -0.39 is 5.60 Å². The van der Waals surface area contributed by atoms with Gasteiger partial charge in [0.1, 0.15) is 0 Å². The van der Waals surface area contributed by atoms with E-state index in [2.05, 4.69) is 16.6 Å². The monoisotopic (exact) mass is 125 g/mol. The summed E-state index contributed by atoms with van der Waals surface area (Å²) in [6.45, 7) is 6.44. The zero-order chi connectivity index (χ0) is 7.33. The van der Waals surface area contributed by atoms with E-state index in [1.807, 2.05) is 0 Å². The topological polar surface area (TPSA) is 26.3 Å². The molecule has 0 aliphatic rings. The van der Waals surface area contributed by atoms with Crippen LogP contribution in [0.15, 0.2) is 0 Å². The number of carbonyl (C=O) groups excluding carboxylic acids is 1. The number of rotatable bonds is 2. The van der Waals surface area contributed by atoms with Crippen LogP contribution in [0.2, 0.25) is 0 Å². The van der Waals surface area contributed by atoms with Gasteiger partial charge < -0.3 is 4.74 Å². The molecule has 2 nitrogen and oxygen atoms in total. The van der Waals surface area contributed by atoms with Crippen molar-refractivity contribution in [3.05, 3.63) is 0 Å². The van der Waals surface area contributed by atoms with Crippen LogP contribution in [-0.4, -0.2) is 12.1 Å². The molecule has 0 rings (SSSR count). The molecule has 0 spiro atoms. The molecule has 0 atom stereocenters. The standard InChI is InChI=1S/C7H9O2/c1-4-5-7(2,3)9-6-8/h1-3H3. The molecule has 0 N–H and O–H groups in total. The minimum absolute atomic E-state index is 0.684. The first-order valence-corrected chi connectivity index (χ1v) is 2.61. The summed E-state index contributed by atoms with van der Waals surface area (Å²) in [6, 6.07) is 0. The molecule has 0 unspecified atom stereocenters. The van der Waals surface area contributed by atoms with Crippen molar-refractivity contribution in [1.82, 2.24) is 0 Å². The third kappa shape index (κ3) is 3.60. The van der Waals surface area contributed by atoms with E-state index in [1.165, 1.54) is 6.47 Å². The Morgan fingerprint density at radius 2 is 2.00 bits per heavy atom. The second kappa shape index (κ2) is 3.13. The van der Waals surface area contributed by atoms with Crippen LogP contribution < -0.4 is 0 Å². The van der Waals surface area contributed by atoms with Crippen LogP contribution in [0.1, 0.15) is 20.8 Å². The zero-order valence-electron chi connectivity index (χ0n) is 5.82. The van der Waals surface area contributed by atoms with Gasteiger partial charge in [0.05, 0.1) is 0 Å². The molecule has 0 aromatic heterocycles. The first kappa shape index (κ1) is 8.03. The fourth-order valence-corrected chi connectivity index (χ4v) is 0.431. The summed E-state index contributed by atoms with van der Waals surface area (Å²) in [6.07, 6.45) is 0. The van der Waals surface area contributed by atoms with Gasteiger partial charge in [-0.3, -0.25) is 0 Å². The smallest absolute Gasteiger partial charge is 0.419 e. The minimum Gasteiger partial charge on any atom is -0.438 e. The molecule has 0 aromatic rings. The van der Waals surface area contributed by atoms with Crippen molar-refractivity contribution in [2.75, 3.05) is 0 Å². The maximum absolute atomic E-state index is 9.68. The van der Waals surface area contributed by atoms with Gasteiger partial charge in [-0.15, -0.1) is 5.92 Å². The molecule has 0 aromatic carbocycles. The molecule has 2 heteroatoms. The first-order chi connectivity index (χ1) is 4.12. The summed E-state index contributed by atoms with van der Waals surface area (Å²) >= 11 is 0. The lowest BCUT2D eigenvalue weighted by Gasteiger charge is -2.12. The molecule has 0 saturated carbocycles. The maximum Gasteiger partial charge on any atom is 0.419 e. The average molecular weight is 125 g/mol. The average Bonchev–Trinajstić information content (AvgIpc) is 1.64. The van der Waals surface area contributed by atoms with Gasteiger partial charge in [0, 0.05) is 0 Å². The van der Waals surface area contributed by atoms with E-state index in [-0.39, 0.29) is 0 Å². The minimum atomic E-state index is -0.684. The molecular formula is C7H9O2. The highest BCUT2D eigenvalue weighted by molar-refractivity contribution is 5.40.